The van der Waals surface area contributed by atoms with E-state index in [0.717, 1.165) is 61.6 Å². The van der Waals surface area contributed by atoms with Gasteiger partial charge in [0.1, 0.15) is 10.6 Å². The minimum Gasteiger partial charge on any atom is -0.378 e. The summed E-state index contributed by atoms with van der Waals surface area (Å²) in [6.45, 7) is 6.42. The topological polar surface area (TPSA) is 78.9 Å². The zero-order valence-corrected chi connectivity index (χ0v) is 18.5. The Bertz CT molecular complexity index is 996. The van der Waals surface area contributed by atoms with Crippen molar-refractivity contribution in [3.8, 4) is 0 Å². The maximum atomic E-state index is 12.4. The highest BCUT2D eigenvalue weighted by atomic mass is 35.5. The molecule has 0 aromatic carbocycles. The molecule has 2 aromatic heterocycles. The normalized spacial score (nSPS) is 22.4. The Morgan fingerprint density at radius 2 is 1.83 bits per heavy atom. The SMILES string of the molecule is O=S(=O)(C1CC1)N1CCN(Cc2cc3c(N4CCOCC4)nc(Cl)nc3s2)CC1. The van der Waals surface area contributed by atoms with Gasteiger partial charge in [0.2, 0.25) is 15.3 Å². The van der Waals surface area contributed by atoms with Crippen LogP contribution >= 0.6 is 22.9 Å². The van der Waals surface area contributed by atoms with Crippen LogP contribution in [0.2, 0.25) is 5.28 Å². The number of nitrogens with zero attached hydrogens (tertiary/aromatic N) is 5. The molecule has 2 aromatic rings. The zero-order valence-electron chi connectivity index (χ0n) is 16.1. The van der Waals surface area contributed by atoms with Crippen molar-refractivity contribution in [3.63, 3.8) is 0 Å². The molecule has 11 heteroatoms. The fraction of sp³-hybridized carbons (Fsp3) is 0.667. The van der Waals surface area contributed by atoms with Gasteiger partial charge >= 0.3 is 0 Å². The van der Waals surface area contributed by atoms with Gasteiger partial charge in [-0.15, -0.1) is 11.3 Å². The minimum absolute atomic E-state index is 0.126. The molecular formula is C18H24ClN5O3S2. The van der Waals surface area contributed by atoms with Gasteiger partial charge in [-0.25, -0.2) is 13.4 Å². The lowest BCUT2D eigenvalue weighted by atomic mass is 10.3. The predicted octanol–water partition coefficient (Wildman–Crippen LogP) is 1.79. The van der Waals surface area contributed by atoms with Gasteiger partial charge in [-0.05, 0) is 30.5 Å². The number of hydrogen-bond donors (Lipinski definition) is 0. The van der Waals surface area contributed by atoms with E-state index in [1.165, 1.54) is 4.88 Å². The summed E-state index contributed by atoms with van der Waals surface area (Å²) in [4.78, 5) is 15.5. The van der Waals surface area contributed by atoms with E-state index in [4.69, 9.17) is 16.3 Å². The molecule has 0 atom stereocenters. The number of morpholine rings is 1. The summed E-state index contributed by atoms with van der Waals surface area (Å²) < 4.78 is 32.0. The highest BCUT2D eigenvalue weighted by molar-refractivity contribution is 7.90. The molecule has 1 saturated carbocycles. The summed E-state index contributed by atoms with van der Waals surface area (Å²) >= 11 is 7.82. The summed E-state index contributed by atoms with van der Waals surface area (Å²) in [6, 6.07) is 2.16. The first kappa shape index (κ1) is 19.9. The van der Waals surface area contributed by atoms with Crippen molar-refractivity contribution in [2.24, 2.45) is 0 Å². The lowest BCUT2D eigenvalue weighted by Gasteiger charge is -2.33. The smallest absolute Gasteiger partial charge is 0.225 e. The van der Waals surface area contributed by atoms with E-state index in [1.807, 2.05) is 0 Å². The Morgan fingerprint density at radius 1 is 1.10 bits per heavy atom. The number of sulfonamides is 1. The van der Waals surface area contributed by atoms with Crippen molar-refractivity contribution in [1.82, 2.24) is 19.2 Å². The van der Waals surface area contributed by atoms with Crippen LogP contribution in [0.15, 0.2) is 6.07 Å². The largest absolute Gasteiger partial charge is 0.378 e. The summed E-state index contributed by atoms with van der Waals surface area (Å²) in [7, 11) is -3.07. The average molecular weight is 458 g/mol. The molecule has 158 valence electrons. The molecule has 0 amide bonds. The number of aromatic nitrogens is 2. The Hall–Kier alpha value is -1.04. The van der Waals surface area contributed by atoms with Crippen molar-refractivity contribution < 1.29 is 13.2 Å². The molecule has 2 saturated heterocycles. The first-order valence-electron chi connectivity index (χ1n) is 10.0. The molecular weight excluding hydrogens is 434 g/mol. The van der Waals surface area contributed by atoms with Gasteiger partial charge in [0, 0.05) is 50.7 Å². The van der Waals surface area contributed by atoms with Gasteiger partial charge in [-0.2, -0.15) is 9.29 Å². The molecule has 4 heterocycles. The van der Waals surface area contributed by atoms with Crippen LogP contribution in [0.4, 0.5) is 5.82 Å². The fourth-order valence-electron chi connectivity index (χ4n) is 3.96. The first-order chi connectivity index (χ1) is 14.0. The van der Waals surface area contributed by atoms with E-state index < -0.39 is 10.0 Å². The second kappa shape index (κ2) is 7.90. The van der Waals surface area contributed by atoms with Gasteiger partial charge in [0.15, 0.2) is 0 Å². The molecule has 8 nitrogen and oxygen atoms in total. The number of anilines is 1. The number of rotatable bonds is 5. The summed E-state index contributed by atoms with van der Waals surface area (Å²) in [5.74, 6) is 0.881. The highest BCUT2D eigenvalue weighted by Gasteiger charge is 2.40. The van der Waals surface area contributed by atoms with E-state index in [9.17, 15) is 8.42 Å². The molecule has 5 rings (SSSR count). The standard InChI is InChI=1S/C18H24ClN5O3S2/c19-18-20-16(23-7-9-27-10-8-23)15-11-13(28-17(15)21-18)12-22-3-5-24(6-4-22)29(25,26)14-1-2-14/h11,14H,1-10,12H2. The van der Waals surface area contributed by atoms with E-state index in [-0.39, 0.29) is 10.5 Å². The third kappa shape index (κ3) is 4.11. The molecule has 2 aliphatic heterocycles. The predicted molar refractivity (Wildman–Crippen MR) is 114 cm³/mol. The summed E-state index contributed by atoms with van der Waals surface area (Å²) in [5.41, 5.74) is 0. The van der Waals surface area contributed by atoms with Crippen molar-refractivity contribution in [2.45, 2.75) is 24.6 Å². The Kier molecular flexibility index (Phi) is 5.42. The highest BCUT2D eigenvalue weighted by Crippen LogP contribution is 2.34. The number of hydrogen-bond acceptors (Lipinski definition) is 8. The van der Waals surface area contributed by atoms with Crippen molar-refractivity contribution in [1.29, 1.82) is 0 Å². The van der Waals surface area contributed by atoms with Crippen molar-refractivity contribution in [2.75, 3.05) is 57.4 Å². The fourth-order valence-corrected chi connectivity index (χ4v) is 7.07. The van der Waals surface area contributed by atoms with Gasteiger partial charge < -0.3 is 9.64 Å². The third-order valence-electron chi connectivity index (χ3n) is 5.72. The van der Waals surface area contributed by atoms with E-state index in [2.05, 4.69) is 25.8 Å². The van der Waals surface area contributed by atoms with Crippen LogP contribution in [0.25, 0.3) is 10.2 Å². The number of thiophene rings is 1. The van der Waals surface area contributed by atoms with Crippen LogP contribution in [-0.4, -0.2) is 85.3 Å². The molecule has 0 spiro atoms. The monoisotopic (exact) mass is 457 g/mol. The van der Waals surface area contributed by atoms with E-state index in [1.54, 1.807) is 15.6 Å². The van der Waals surface area contributed by atoms with Gasteiger partial charge in [0.05, 0.1) is 23.8 Å². The van der Waals surface area contributed by atoms with E-state index >= 15 is 0 Å². The lowest BCUT2D eigenvalue weighted by molar-refractivity contribution is 0.122. The van der Waals surface area contributed by atoms with Crippen molar-refractivity contribution >= 4 is 49.0 Å². The number of ether oxygens (including phenoxy) is 1. The third-order valence-corrected chi connectivity index (χ3v) is 9.30. The molecule has 1 aliphatic carbocycles. The maximum absolute atomic E-state index is 12.4. The molecule has 0 radical (unpaired) electrons. The number of fused-ring (bicyclic) bond motifs is 1. The van der Waals surface area contributed by atoms with Gasteiger partial charge in [0.25, 0.3) is 0 Å². The molecule has 0 unspecified atom stereocenters. The number of piperazine rings is 1. The summed E-state index contributed by atoms with van der Waals surface area (Å²) in [5, 5.41) is 1.18. The molecule has 3 fully saturated rings. The zero-order chi connectivity index (χ0) is 20.0. The van der Waals surface area contributed by atoms with Crippen LogP contribution in [0, 0.1) is 0 Å². The first-order valence-corrected chi connectivity index (χ1v) is 12.7. The van der Waals surface area contributed by atoms with Crippen LogP contribution in [0.3, 0.4) is 0 Å². The van der Waals surface area contributed by atoms with E-state index in [0.29, 0.717) is 26.3 Å². The molecule has 0 N–H and O–H groups in total. The molecule has 3 aliphatic rings. The lowest BCUT2D eigenvalue weighted by Crippen LogP contribution is -2.49. The van der Waals surface area contributed by atoms with Gasteiger partial charge in [-0.1, -0.05) is 0 Å². The second-order valence-electron chi connectivity index (χ2n) is 7.77. The minimum atomic E-state index is -3.07. The van der Waals surface area contributed by atoms with Crippen LogP contribution in [-0.2, 0) is 21.3 Å². The number of halogens is 1. The summed E-state index contributed by atoms with van der Waals surface area (Å²) in [6.07, 6.45) is 1.64. The molecule has 0 bridgehead atoms. The average Bonchev–Trinajstić information content (AvgIpc) is 3.51. The molecule has 29 heavy (non-hydrogen) atoms. The van der Waals surface area contributed by atoms with Crippen LogP contribution < -0.4 is 4.90 Å². The Morgan fingerprint density at radius 3 is 2.52 bits per heavy atom. The van der Waals surface area contributed by atoms with Crippen LogP contribution in [0.1, 0.15) is 17.7 Å². The quantitative estimate of drug-likeness (QED) is 0.633. The maximum Gasteiger partial charge on any atom is 0.225 e. The Balaban J connectivity index is 1.30. The van der Waals surface area contributed by atoms with Crippen molar-refractivity contribution in [3.05, 3.63) is 16.2 Å². The Labute approximate surface area is 179 Å². The van der Waals surface area contributed by atoms with Crippen LogP contribution in [0.5, 0.6) is 0 Å². The van der Waals surface area contributed by atoms with Gasteiger partial charge in [-0.3, -0.25) is 4.90 Å². The second-order valence-corrected chi connectivity index (χ2v) is 11.4.